The third-order valence-electron chi connectivity index (χ3n) is 5.17. The van der Waals surface area contributed by atoms with Gasteiger partial charge < -0.3 is 14.6 Å². The van der Waals surface area contributed by atoms with Gasteiger partial charge in [0.15, 0.2) is 5.76 Å². The topological polar surface area (TPSA) is 45.5 Å². The van der Waals surface area contributed by atoms with Gasteiger partial charge in [-0.25, -0.2) is 0 Å². The van der Waals surface area contributed by atoms with E-state index in [0.29, 0.717) is 12.3 Å². The van der Waals surface area contributed by atoms with Crippen LogP contribution in [-0.2, 0) is 0 Å². The zero-order valence-electron chi connectivity index (χ0n) is 14.7. The molecule has 130 valence electrons. The predicted octanol–water partition coefficient (Wildman–Crippen LogP) is 4.11. The monoisotopic (exact) mass is 336 g/mol. The van der Waals surface area contributed by atoms with Crippen molar-refractivity contribution in [1.82, 2.24) is 10.2 Å². The lowest BCUT2D eigenvalue weighted by Crippen LogP contribution is -2.28. The van der Waals surface area contributed by atoms with Gasteiger partial charge >= 0.3 is 0 Å². The highest BCUT2D eigenvalue weighted by molar-refractivity contribution is 6.08. The fourth-order valence-corrected chi connectivity index (χ4v) is 3.76. The van der Waals surface area contributed by atoms with Crippen molar-refractivity contribution in [1.29, 1.82) is 0 Å². The minimum Gasteiger partial charge on any atom is -0.450 e. The van der Waals surface area contributed by atoms with Crippen LogP contribution in [0.4, 0.5) is 0 Å². The molecule has 1 aliphatic heterocycles. The number of carbonyl (C=O) groups is 1. The first-order chi connectivity index (χ1) is 12.2. The van der Waals surface area contributed by atoms with E-state index in [-0.39, 0.29) is 5.91 Å². The second-order valence-corrected chi connectivity index (χ2v) is 6.88. The van der Waals surface area contributed by atoms with Gasteiger partial charge in [-0.05, 0) is 51.2 Å². The number of nitrogens with one attached hydrogen (secondary N) is 1. The fraction of sp³-hybridized carbons (Fsp3) is 0.381. The zero-order valence-corrected chi connectivity index (χ0v) is 14.7. The maximum atomic E-state index is 12.5. The van der Waals surface area contributed by atoms with Gasteiger partial charge in [0.05, 0.1) is 0 Å². The first kappa shape index (κ1) is 16.2. The normalized spacial score (nSPS) is 15.2. The highest BCUT2D eigenvalue weighted by Gasteiger charge is 2.19. The Kier molecular flexibility index (Phi) is 4.45. The first-order valence-corrected chi connectivity index (χ1v) is 9.15. The van der Waals surface area contributed by atoms with Crippen LogP contribution in [-0.4, -0.2) is 37.0 Å². The maximum Gasteiger partial charge on any atom is 0.287 e. The van der Waals surface area contributed by atoms with E-state index in [0.717, 1.165) is 40.3 Å². The molecule has 3 aromatic rings. The largest absolute Gasteiger partial charge is 0.450 e. The van der Waals surface area contributed by atoms with E-state index in [1.807, 2.05) is 31.2 Å². The average Bonchev–Trinajstić information content (AvgIpc) is 3.27. The summed E-state index contributed by atoms with van der Waals surface area (Å²) in [5.74, 6) is 0.326. The minimum absolute atomic E-state index is 0.112. The summed E-state index contributed by atoms with van der Waals surface area (Å²) >= 11 is 0. The SMILES string of the molecule is Cc1c(C(=O)NCCCN2CCCC2)oc2c1ccc1ccccc12. The number of likely N-dealkylation sites (tertiary alicyclic amines) is 1. The van der Waals surface area contributed by atoms with Crippen LogP contribution in [0.5, 0.6) is 0 Å². The molecule has 0 saturated carbocycles. The predicted molar refractivity (Wildman–Crippen MR) is 101 cm³/mol. The smallest absolute Gasteiger partial charge is 0.287 e. The van der Waals surface area contributed by atoms with Gasteiger partial charge in [0.2, 0.25) is 0 Å². The van der Waals surface area contributed by atoms with Gasteiger partial charge in [0, 0.05) is 22.9 Å². The Morgan fingerprint density at radius 2 is 1.92 bits per heavy atom. The van der Waals surface area contributed by atoms with Gasteiger partial charge in [0.1, 0.15) is 5.58 Å². The fourth-order valence-electron chi connectivity index (χ4n) is 3.76. The molecule has 1 saturated heterocycles. The van der Waals surface area contributed by atoms with Gasteiger partial charge in [-0.15, -0.1) is 0 Å². The lowest BCUT2D eigenvalue weighted by Gasteiger charge is -2.14. The number of carbonyl (C=O) groups excluding carboxylic acids is 1. The summed E-state index contributed by atoms with van der Waals surface area (Å²) in [4.78, 5) is 15.0. The van der Waals surface area contributed by atoms with Crippen molar-refractivity contribution < 1.29 is 9.21 Å². The molecule has 4 nitrogen and oxygen atoms in total. The molecule has 4 heteroatoms. The van der Waals surface area contributed by atoms with Crippen LogP contribution in [0.3, 0.4) is 0 Å². The molecular weight excluding hydrogens is 312 g/mol. The Morgan fingerprint density at radius 3 is 2.76 bits per heavy atom. The van der Waals surface area contributed by atoms with Crippen molar-refractivity contribution in [2.75, 3.05) is 26.2 Å². The van der Waals surface area contributed by atoms with Crippen LogP contribution in [0.1, 0.15) is 35.4 Å². The van der Waals surface area contributed by atoms with Crippen LogP contribution < -0.4 is 5.32 Å². The molecule has 2 heterocycles. The van der Waals surface area contributed by atoms with Crippen LogP contribution in [0.15, 0.2) is 40.8 Å². The Bertz CT molecular complexity index is 907. The van der Waals surface area contributed by atoms with Crippen molar-refractivity contribution in [3.63, 3.8) is 0 Å². The lowest BCUT2D eigenvalue weighted by atomic mass is 10.1. The third kappa shape index (κ3) is 3.14. The number of hydrogen-bond donors (Lipinski definition) is 1. The summed E-state index contributed by atoms with van der Waals surface area (Å²) < 4.78 is 5.98. The molecule has 1 N–H and O–H groups in total. The summed E-state index contributed by atoms with van der Waals surface area (Å²) in [6.07, 6.45) is 3.59. The maximum absolute atomic E-state index is 12.5. The summed E-state index contributed by atoms with van der Waals surface area (Å²) in [7, 11) is 0. The van der Waals surface area contributed by atoms with Crippen molar-refractivity contribution in [3.05, 3.63) is 47.7 Å². The molecule has 0 atom stereocenters. The number of nitrogens with zero attached hydrogens (tertiary/aromatic N) is 1. The van der Waals surface area contributed by atoms with Crippen molar-refractivity contribution in [2.24, 2.45) is 0 Å². The number of fused-ring (bicyclic) bond motifs is 3. The second kappa shape index (κ2) is 6.89. The number of furan rings is 1. The van der Waals surface area contributed by atoms with Crippen LogP contribution in [0.2, 0.25) is 0 Å². The van der Waals surface area contributed by atoms with E-state index >= 15 is 0 Å². The van der Waals surface area contributed by atoms with E-state index in [4.69, 9.17) is 4.42 Å². The van der Waals surface area contributed by atoms with Crippen LogP contribution in [0, 0.1) is 6.92 Å². The Balaban J connectivity index is 1.49. The molecule has 1 amide bonds. The van der Waals surface area contributed by atoms with Crippen LogP contribution in [0.25, 0.3) is 21.7 Å². The molecule has 1 fully saturated rings. The van der Waals surface area contributed by atoms with Gasteiger partial charge in [-0.2, -0.15) is 0 Å². The molecule has 1 aliphatic rings. The van der Waals surface area contributed by atoms with Gasteiger partial charge in [-0.3, -0.25) is 4.79 Å². The Labute approximate surface area is 147 Å². The first-order valence-electron chi connectivity index (χ1n) is 9.15. The van der Waals surface area contributed by atoms with E-state index in [1.165, 1.54) is 25.9 Å². The van der Waals surface area contributed by atoms with Gasteiger partial charge in [0.25, 0.3) is 5.91 Å². The quantitative estimate of drug-likeness (QED) is 0.713. The second-order valence-electron chi connectivity index (χ2n) is 6.88. The summed E-state index contributed by atoms with van der Waals surface area (Å²) in [6, 6.07) is 12.2. The van der Waals surface area contributed by atoms with E-state index in [1.54, 1.807) is 0 Å². The molecule has 2 aromatic carbocycles. The standard InChI is InChI=1S/C21H24N2O2/c1-15-17-10-9-16-7-2-3-8-18(16)20(17)25-19(15)21(24)22-11-6-14-23-12-4-5-13-23/h2-3,7-10H,4-6,11-14H2,1H3,(H,22,24). The van der Waals surface area contributed by atoms with Crippen LogP contribution >= 0.6 is 0 Å². The number of hydrogen-bond acceptors (Lipinski definition) is 3. The van der Waals surface area contributed by atoms with Crippen molar-refractivity contribution in [2.45, 2.75) is 26.2 Å². The number of aryl methyl sites for hydroxylation is 1. The molecule has 0 unspecified atom stereocenters. The van der Waals surface area contributed by atoms with E-state index in [9.17, 15) is 4.79 Å². The minimum atomic E-state index is -0.112. The molecule has 0 radical (unpaired) electrons. The highest BCUT2D eigenvalue weighted by Crippen LogP contribution is 2.31. The number of amides is 1. The molecule has 0 spiro atoms. The number of benzene rings is 2. The summed E-state index contributed by atoms with van der Waals surface area (Å²) in [5.41, 5.74) is 1.72. The van der Waals surface area contributed by atoms with Crippen molar-refractivity contribution >= 4 is 27.6 Å². The third-order valence-corrected chi connectivity index (χ3v) is 5.17. The average molecular weight is 336 g/mol. The Morgan fingerprint density at radius 1 is 1.12 bits per heavy atom. The van der Waals surface area contributed by atoms with Gasteiger partial charge in [-0.1, -0.05) is 36.4 Å². The molecule has 25 heavy (non-hydrogen) atoms. The molecule has 1 aromatic heterocycles. The molecule has 4 rings (SSSR count). The Hall–Kier alpha value is -2.33. The summed E-state index contributed by atoms with van der Waals surface area (Å²) in [6.45, 7) is 6.10. The number of rotatable bonds is 5. The molecule has 0 aliphatic carbocycles. The van der Waals surface area contributed by atoms with Crippen molar-refractivity contribution in [3.8, 4) is 0 Å². The molecular formula is C21H24N2O2. The lowest BCUT2D eigenvalue weighted by molar-refractivity contribution is 0.0925. The van der Waals surface area contributed by atoms with E-state index < -0.39 is 0 Å². The van der Waals surface area contributed by atoms with E-state index in [2.05, 4.69) is 22.3 Å². The molecule has 0 bridgehead atoms. The highest BCUT2D eigenvalue weighted by atomic mass is 16.3. The zero-order chi connectivity index (χ0) is 17.2. The summed E-state index contributed by atoms with van der Waals surface area (Å²) in [5, 5.41) is 6.21.